The maximum Gasteiger partial charge on any atom is 0.245 e. The van der Waals surface area contributed by atoms with Crippen LogP contribution in [-0.2, 0) is 5.41 Å². The van der Waals surface area contributed by atoms with E-state index in [0.717, 1.165) is 25.7 Å². The lowest BCUT2D eigenvalue weighted by molar-refractivity contribution is 0.235. The summed E-state index contributed by atoms with van der Waals surface area (Å²) in [4.78, 5) is 4.49. The summed E-state index contributed by atoms with van der Waals surface area (Å²) in [6, 6.07) is 9.77. The Labute approximate surface area is 124 Å². The molecule has 0 spiro atoms. The van der Waals surface area contributed by atoms with Gasteiger partial charge in [-0.15, -0.1) is 0 Å². The summed E-state index contributed by atoms with van der Waals surface area (Å²) >= 11 is 0. The molecule has 5 nitrogen and oxygen atoms in total. The second-order valence-corrected chi connectivity index (χ2v) is 5.75. The van der Waals surface area contributed by atoms with Crippen molar-refractivity contribution in [3.05, 3.63) is 47.6 Å². The summed E-state index contributed by atoms with van der Waals surface area (Å²) in [7, 11) is 0. The lowest BCUT2D eigenvalue weighted by Crippen LogP contribution is -2.32. The summed E-state index contributed by atoms with van der Waals surface area (Å²) in [6.07, 6.45) is 5.60. The Hall–Kier alpha value is -1.72. The molecule has 0 aliphatic heterocycles. The number of hydrogen-bond acceptors (Lipinski definition) is 5. The third-order valence-electron chi connectivity index (χ3n) is 4.42. The van der Waals surface area contributed by atoms with Gasteiger partial charge in [0.05, 0.1) is 12.0 Å². The Kier molecular flexibility index (Phi) is 4.03. The molecule has 2 aromatic rings. The van der Waals surface area contributed by atoms with E-state index in [2.05, 4.69) is 22.3 Å². The molecule has 1 aromatic heterocycles. The first-order chi connectivity index (χ1) is 10.3. The third kappa shape index (κ3) is 2.59. The topological polar surface area (TPSA) is 85.2 Å². The number of aliphatic hydroxyl groups is 1. The molecular formula is C16H21N3O2. The van der Waals surface area contributed by atoms with Crippen LogP contribution in [0.15, 0.2) is 34.9 Å². The van der Waals surface area contributed by atoms with E-state index in [1.165, 1.54) is 12.0 Å². The molecule has 1 aliphatic rings. The van der Waals surface area contributed by atoms with Crippen LogP contribution in [0.2, 0.25) is 0 Å². The normalized spacial score (nSPS) is 19.3. The average molecular weight is 287 g/mol. The number of rotatable bonds is 4. The van der Waals surface area contributed by atoms with Crippen molar-refractivity contribution in [1.82, 2.24) is 10.1 Å². The molecule has 21 heavy (non-hydrogen) atoms. The van der Waals surface area contributed by atoms with Crippen LogP contribution in [0.5, 0.6) is 0 Å². The van der Waals surface area contributed by atoms with E-state index in [-0.39, 0.29) is 12.0 Å². The fourth-order valence-electron chi connectivity index (χ4n) is 3.21. The van der Waals surface area contributed by atoms with Crippen molar-refractivity contribution in [2.75, 3.05) is 6.61 Å². The Morgan fingerprint density at radius 3 is 2.57 bits per heavy atom. The van der Waals surface area contributed by atoms with Crippen LogP contribution in [0.25, 0.3) is 0 Å². The maximum absolute atomic E-state index is 9.14. The van der Waals surface area contributed by atoms with Gasteiger partial charge in [0.25, 0.3) is 0 Å². The van der Waals surface area contributed by atoms with Crippen molar-refractivity contribution in [2.45, 2.75) is 43.6 Å². The lowest BCUT2D eigenvalue weighted by Gasteiger charge is -2.35. The summed E-state index contributed by atoms with van der Waals surface area (Å²) in [5, 5.41) is 13.3. The molecule has 3 N–H and O–H groups in total. The first-order valence-corrected chi connectivity index (χ1v) is 7.52. The minimum absolute atomic E-state index is 0.184. The number of nitrogens with two attached hydrogens (primary N) is 1. The molecule has 0 amide bonds. The molecule has 1 saturated carbocycles. The Morgan fingerprint density at radius 1 is 1.19 bits per heavy atom. The number of aromatic nitrogens is 2. The molecule has 3 rings (SSSR count). The molecule has 1 fully saturated rings. The van der Waals surface area contributed by atoms with E-state index in [1.54, 1.807) is 0 Å². The molecule has 0 radical (unpaired) electrons. The standard InChI is InChI=1S/C16H21N3O2/c17-13(11-20)14-18-15(19-21-14)16(9-5-2-6-10-16)12-7-3-1-4-8-12/h1,3-4,7-8,13,20H,2,5-6,9-11,17H2. The van der Waals surface area contributed by atoms with Gasteiger partial charge < -0.3 is 15.4 Å². The Balaban J connectivity index is 2.02. The minimum atomic E-state index is -0.609. The van der Waals surface area contributed by atoms with Crippen molar-refractivity contribution in [3.63, 3.8) is 0 Å². The van der Waals surface area contributed by atoms with E-state index >= 15 is 0 Å². The monoisotopic (exact) mass is 287 g/mol. The van der Waals surface area contributed by atoms with Crippen LogP contribution < -0.4 is 5.73 Å². The van der Waals surface area contributed by atoms with Crippen molar-refractivity contribution in [3.8, 4) is 0 Å². The van der Waals surface area contributed by atoms with Crippen LogP contribution in [0, 0.1) is 0 Å². The highest BCUT2D eigenvalue weighted by atomic mass is 16.5. The zero-order valence-electron chi connectivity index (χ0n) is 12.0. The molecule has 1 aliphatic carbocycles. The number of benzene rings is 1. The SMILES string of the molecule is NC(CO)c1nc(C2(c3ccccc3)CCCCC2)no1. The fourth-order valence-corrected chi connectivity index (χ4v) is 3.21. The first kappa shape index (κ1) is 14.2. The van der Waals surface area contributed by atoms with Gasteiger partial charge in [-0.25, -0.2) is 0 Å². The van der Waals surface area contributed by atoms with E-state index in [0.29, 0.717) is 11.7 Å². The van der Waals surface area contributed by atoms with Gasteiger partial charge in [-0.05, 0) is 18.4 Å². The van der Waals surface area contributed by atoms with Gasteiger partial charge in [-0.1, -0.05) is 54.8 Å². The van der Waals surface area contributed by atoms with E-state index in [1.807, 2.05) is 18.2 Å². The quantitative estimate of drug-likeness (QED) is 0.901. The van der Waals surface area contributed by atoms with Gasteiger partial charge in [0.1, 0.15) is 6.04 Å². The third-order valence-corrected chi connectivity index (χ3v) is 4.42. The molecule has 1 atom stereocenters. The molecule has 1 heterocycles. The van der Waals surface area contributed by atoms with Crippen LogP contribution in [-0.4, -0.2) is 21.9 Å². The van der Waals surface area contributed by atoms with Gasteiger partial charge in [0.2, 0.25) is 5.89 Å². The molecule has 1 unspecified atom stereocenters. The van der Waals surface area contributed by atoms with Crippen LogP contribution in [0.4, 0.5) is 0 Å². The van der Waals surface area contributed by atoms with E-state index in [4.69, 9.17) is 15.4 Å². The molecule has 0 bridgehead atoms. The van der Waals surface area contributed by atoms with Crippen molar-refractivity contribution < 1.29 is 9.63 Å². The predicted molar refractivity (Wildman–Crippen MR) is 78.6 cm³/mol. The summed E-state index contributed by atoms with van der Waals surface area (Å²) < 4.78 is 5.27. The summed E-state index contributed by atoms with van der Waals surface area (Å²) in [5.74, 6) is 1.01. The van der Waals surface area contributed by atoms with Crippen molar-refractivity contribution >= 4 is 0 Å². The zero-order chi connectivity index (χ0) is 14.7. The largest absolute Gasteiger partial charge is 0.394 e. The lowest BCUT2D eigenvalue weighted by atomic mass is 9.69. The minimum Gasteiger partial charge on any atom is -0.394 e. The van der Waals surface area contributed by atoms with Gasteiger partial charge in [-0.3, -0.25) is 0 Å². The highest BCUT2D eigenvalue weighted by molar-refractivity contribution is 5.33. The number of nitrogens with zero attached hydrogens (tertiary/aromatic N) is 2. The second-order valence-electron chi connectivity index (χ2n) is 5.75. The molecular weight excluding hydrogens is 266 g/mol. The smallest absolute Gasteiger partial charge is 0.245 e. The fraction of sp³-hybridized carbons (Fsp3) is 0.500. The van der Waals surface area contributed by atoms with Crippen molar-refractivity contribution in [1.29, 1.82) is 0 Å². The summed E-state index contributed by atoms with van der Waals surface area (Å²) in [5.41, 5.74) is 6.82. The van der Waals surface area contributed by atoms with Crippen LogP contribution in [0.1, 0.15) is 55.4 Å². The summed E-state index contributed by atoms with van der Waals surface area (Å²) in [6.45, 7) is -0.194. The zero-order valence-corrected chi connectivity index (χ0v) is 12.0. The second kappa shape index (κ2) is 5.95. The van der Waals surface area contributed by atoms with E-state index < -0.39 is 6.04 Å². The maximum atomic E-state index is 9.14. The van der Waals surface area contributed by atoms with Gasteiger partial charge in [-0.2, -0.15) is 4.98 Å². The van der Waals surface area contributed by atoms with Crippen LogP contribution in [0.3, 0.4) is 0 Å². The average Bonchev–Trinajstić information content (AvgIpc) is 3.06. The van der Waals surface area contributed by atoms with Crippen LogP contribution >= 0.6 is 0 Å². The molecule has 112 valence electrons. The van der Waals surface area contributed by atoms with Gasteiger partial charge in [0, 0.05) is 0 Å². The highest BCUT2D eigenvalue weighted by Crippen LogP contribution is 2.43. The number of hydrogen-bond donors (Lipinski definition) is 2. The van der Waals surface area contributed by atoms with E-state index in [9.17, 15) is 0 Å². The Bertz CT molecular complexity index is 576. The first-order valence-electron chi connectivity index (χ1n) is 7.52. The molecule has 1 aromatic carbocycles. The van der Waals surface area contributed by atoms with Gasteiger partial charge in [0.15, 0.2) is 5.82 Å². The Morgan fingerprint density at radius 2 is 1.90 bits per heavy atom. The van der Waals surface area contributed by atoms with Crippen molar-refractivity contribution in [2.24, 2.45) is 5.73 Å². The molecule has 5 heteroatoms. The predicted octanol–water partition coefficient (Wildman–Crippen LogP) is 2.31. The highest BCUT2D eigenvalue weighted by Gasteiger charge is 2.40. The number of aliphatic hydroxyl groups excluding tert-OH is 1. The molecule has 0 saturated heterocycles. The van der Waals surface area contributed by atoms with Gasteiger partial charge >= 0.3 is 0 Å².